The second kappa shape index (κ2) is 5.01. The van der Waals surface area contributed by atoms with E-state index in [9.17, 15) is 8.42 Å². The lowest BCUT2D eigenvalue weighted by Crippen LogP contribution is -2.31. The maximum Gasteiger partial charge on any atom is 0.297 e. The van der Waals surface area contributed by atoms with E-state index in [-0.39, 0.29) is 6.04 Å². The van der Waals surface area contributed by atoms with Crippen molar-refractivity contribution in [2.45, 2.75) is 19.4 Å². The van der Waals surface area contributed by atoms with Gasteiger partial charge in [-0.1, -0.05) is 0 Å². The number of nitrogens with one attached hydrogen (secondary N) is 1. The van der Waals surface area contributed by atoms with Gasteiger partial charge in [0, 0.05) is 16.7 Å². The van der Waals surface area contributed by atoms with Crippen LogP contribution < -0.4 is 4.72 Å². The van der Waals surface area contributed by atoms with E-state index in [4.69, 9.17) is 10.7 Å². The molecule has 0 aromatic carbocycles. The predicted molar refractivity (Wildman–Crippen MR) is 50.5 cm³/mol. The molecule has 0 rings (SSSR count). The van der Waals surface area contributed by atoms with Gasteiger partial charge in [0.05, 0.1) is 0 Å². The fourth-order valence-electron chi connectivity index (χ4n) is 0.751. The standard InChI is InChI=1S/C6H15ClN2O2S/c1-6(4-5-9(2)3)8-12(7,10)11/h6,8H,4-5H2,1-3H3. The van der Waals surface area contributed by atoms with Crippen molar-refractivity contribution in [1.82, 2.24) is 9.62 Å². The maximum atomic E-state index is 10.5. The normalized spacial score (nSPS) is 15.1. The van der Waals surface area contributed by atoms with Crippen molar-refractivity contribution in [2.75, 3.05) is 20.6 Å². The van der Waals surface area contributed by atoms with Crippen LogP contribution in [0.1, 0.15) is 13.3 Å². The molecule has 74 valence electrons. The Kier molecular flexibility index (Phi) is 5.08. The number of hydrogen-bond acceptors (Lipinski definition) is 3. The fraction of sp³-hybridized carbons (Fsp3) is 1.00. The number of nitrogens with zero attached hydrogens (tertiary/aromatic N) is 1. The molecule has 0 aliphatic rings. The summed E-state index contributed by atoms with van der Waals surface area (Å²) >= 11 is 0. The van der Waals surface area contributed by atoms with Crippen LogP contribution in [-0.4, -0.2) is 40.0 Å². The van der Waals surface area contributed by atoms with Crippen molar-refractivity contribution < 1.29 is 8.42 Å². The van der Waals surface area contributed by atoms with E-state index >= 15 is 0 Å². The summed E-state index contributed by atoms with van der Waals surface area (Å²) in [5, 5.41) is 0. The Morgan fingerprint density at radius 3 is 2.33 bits per heavy atom. The third-order valence-electron chi connectivity index (χ3n) is 1.35. The molecule has 0 heterocycles. The van der Waals surface area contributed by atoms with Crippen LogP contribution in [0.3, 0.4) is 0 Å². The lowest BCUT2D eigenvalue weighted by molar-refractivity contribution is 0.379. The molecular weight excluding hydrogens is 200 g/mol. The molecule has 0 aromatic heterocycles. The van der Waals surface area contributed by atoms with Gasteiger partial charge in [0.1, 0.15) is 0 Å². The molecule has 1 N–H and O–H groups in total. The molecular formula is C6H15ClN2O2S. The van der Waals surface area contributed by atoms with Crippen molar-refractivity contribution in [2.24, 2.45) is 0 Å². The zero-order chi connectivity index (χ0) is 9.78. The molecule has 4 nitrogen and oxygen atoms in total. The summed E-state index contributed by atoms with van der Waals surface area (Å²) in [5.74, 6) is 0. The van der Waals surface area contributed by atoms with Crippen LogP contribution in [0.4, 0.5) is 0 Å². The van der Waals surface area contributed by atoms with E-state index in [1.54, 1.807) is 6.92 Å². The Bertz CT molecular complexity index is 216. The topological polar surface area (TPSA) is 49.4 Å². The van der Waals surface area contributed by atoms with Crippen LogP contribution in [0.15, 0.2) is 0 Å². The van der Waals surface area contributed by atoms with E-state index in [0.717, 1.165) is 13.0 Å². The smallest absolute Gasteiger partial charge is 0.297 e. The van der Waals surface area contributed by atoms with Crippen molar-refractivity contribution in [3.05, 3.63) is 0 Å². The molecule has 0 saturated heterocycles. The van der Waals surface area contributed by atoms with Crippen LogP contribution in [0.2, 0.25) is 0 Å². The minimum absolute atomic E-state index is 0.116. The summed E-state index contributed by atoms with van der Waals surface area (Å²) in [7, 11) is 5.29. The van der Waals surface area contributed by atoms with Gasteiger partial charge >= 0.3 is 0 Å². The molecule has 0 bridgehead atoms. The van der Waals surface area contributed by atoms with Gasteiger partial charge in [-0.05, 0) is 34.0 Å². The minimum atomic E-state index is -3.57. The van der Waals surface area contributed by atoms with Gasteiger partial charge in [-0.2, -0.15) is 13.1 Å². The Morgan fingerprint density at radius 1 is 1.50 bits per heavy atom. The predicted octanol–water partition coefficient (Wildman–Crippen LogP) is 0.400. The maximum absolute atomic E-state index is 10.5. The number of rotatable bonds is 5. The average Bonchev–Trinajstić information content (AvgIpc) is 1.79. The monoisotopic (exact) mass is 214 g/mol. The highest BCUT2D eigenvalue weighted by Gasteiger charge is 2.09. The van der Waals surface area contributed by atoms with Crippen LogP contribution in [0.5, 0.6) is 0 Å². The zero-order valence-electron chi connectivity index (χ0n) is 7.54. The van der Waals surface area contributed by atoms with Crippen LogP contribution >= 0.6 is 10.7 Å². The SMILES string of the molecule is CC(CCN(C)C)NS(=O)(=O)Cl. The highest BCUT2D eigenvalue weighted by atomic mass is 35.7. The molecule has 1 atom stereocenters. The van der Waals surface area contributed by atoms with Gasteiger partial charge < -0.3 is 4.90 Å². The van der Waals surface area contributed by atoms with Crippen LogP contribution in [0, 0.1) is 0 Å². The largest absolute Gasteiger partial charge is 0.309 e. The Hall–Kier alpha value is 0.160. The summed E-state index contributed by atoms with van der Waals surface area (Å²) in [4.78, 5) is 1.99. The van der Waals surface area contributed by atoms with Gasteiger partial charge in [0.15, 0.2) is 0 Å². The number of hydrogen-bond donors (Lipinski definition) is 1. The van der Waals surface area contributed by atoms with Crippen molar-refractivity contribution in [3.63, 3.8) is 0 Å². The van der Waals surface area contributed by atoms with E-state index in [1.807, 2.05) is 19.0 Å². The van der Waals surface area contributed by atoms with Crippen LogP contribution in [-0.2, 0) is 9.24 Å². The summed E-state index contributed by atoms with van der Waals surface area (Å²) < 4.78 is 23.3. The summed E-state index contributed by atoms with van der Waals surface area (Å²) in [6.45, 7) is 2.62. The van der Waals surface area contributed by atoms with Crippen molar-refractivity contribution in [3.8, 4) is 0 Å². The molecule has 0 spiro atoms. The van der Waals surface area contributed by atoms with Crippen molar-refractivity contribution >= 4 is 19.9 Å². The first-order chi connectivity index (χ1) is 5.31. The summed E-state index contributed by atoms with van der Waals surface area (Å²) in [6.07, 6.45) is 0.749. The van der Waals surface area contributed by atoms with E-state index in [2.05, 4.69) is 4.72 Å². The lowest BCUT2D eigenvalue weighted by atomic mass is 10.2. The molecule has 6 heteroatoms. The fourth-order valence-corrected chi connectivity index (χ4v) is 1.81. The van der Waals surface area contributed by atoms with Crippen molar-refractivity contribution in [1.29, 1.82) is 0 Å². The average molecular weight is 215 g/mol. The Labute approximate surface area is 78.4 Å². The van der Waals surface area contributed by atoms with E-state index in [0.29, 0.717) is 0 Å². The summed E-state index contributed by atoms with van der Waals surface area (Å²) in [5.41, 5.74) is 0. The Morgan fingerprint density at radius 2 is 2.00 bits per heavy atom. The molecule has 0 saturated carbocycles. The molecule has 1 unspecified atom stereocenters. The van der Waals surface area contributed by atoms with Crippen LogP contribution in [0.25, 0.3) is 0 Å². The second-order valence-corrected chi connectivity index (χ2v) is 5.38. The van der Waals surface area contributed by atoms with Gasteiger partial charge in [-0.25, -0.2) is 0 Å². The van der Waals surface area contributed by atoms with Gasteiger partial charge in [-0.3, -0.25) is 0 Å². The molecule has 0 aliphatic carbocycles. The minimum Gasteiger partial charge on any atom is -0.309 e. The molecule has 12 heavy (non-hydrogen) atoms. The molecule has 0 fully saturated rings. The first-order valence-corrected chi connectivity index (χ1v) is 5.99. The molecule has 0 radical (unpaired) electrons. The lowest BCUT2D eigenvalue weighted by Gasteiger charge is -2.14. The summed E-state index contributed by atoms with van der Waals surface area (Å²) in [6, 6.07) is -0.116. The third kappa shape index (κ3) is 8.26. The molecule has 0 amide bonds. The first-order valence-electron chi connectivity index (χ1n) is 3.68. The van der Waals surface area contributed by atoms with E-state index in [1.165, 1.54) is 0 Å². The Balaban J connectivity index is 3.68. The highest BCUT2D eigenvalue weighted by molar-refractivity contribution is 8.12. The first kappa shape index (κ1) is 12.2. The van der Waals surface area contributed by atoms with Gasteiger partial charge in [0.2, 0.25) is 0 Å². The van der Waals surface area contributed by atoms with E-state index < -0.39 is 9.24 Å². The highest BCUT2D eigenvalue weighted by Crippen LogP contribution is 1.97. The molecule has 0 aromatic rings. The zero-order valence-corrected chi connectivity index (χ0v) is 9.11. The second-order valence-electron chi connectivity index (χ2n) is 3.05. The third-order valence-corrected chi connectivity index (χ3v) is 2.30. The number of halogens is 1. The quantitative estimate of drug-likeness (QED) is 0.675. The van der Waals surface area contributed by atoms with Gasteiger partial charge in [0.25, 0.3) is 9.24 Å². The van der Waals surface area contributed by atoms with Gasteiger partial charge in [-0.15, -0.1) is 0 Å². The molecule has 0 aliphatic heterocycles.